The maximum absolute atomic E-state index is 12.2. The Bertz CT molecular complexity index is 272. The van der Waals surface area contributed by atoms with Crippen LogP contribution in [0.5, 0.6) is 0 Å². The van der Waals surface area contributed by atoms with E-state index < -0.39 is 0 Å². The molecule has 1 amide bonds. The lowest BCUT2D eigenvalue weighted by molar-refractivity contribution is -0.144. The summed E-state index contributed by atoms with van der Waals surface area (Å²) in [7, 11) is 0. The molecule has 0 aromatic carbocycles. The zero-order valence-electron chi connectivity index (χ0n) is 9.99. The highest BCUT2D eigenvalue weighted by atomic mass is 35.5. The number of carbonyl (C=O) groups is 1. The zero-order chi connectivity index (χ0) is 11.7. The standard InChI is InChI=1S/C12H20ClNO2/c1-8-7-14(6-5-10(8)13)12(15)11-4-3-9(2)16-11/h8-11H,3-7H2,1-2H3. The molecule has 92 valence electrons. The molecular weight excluding hydrogens is 226 g/mol. The number of likely N-dealkylation sites (tertiary alicyclic amines) is 1. The molecule has 0 radical (unpaired) electrons. The minimum absolute atomic E-state index is 0.166. The topological polar surface area (TPSA) is 29.5 Å². The molecule has 0 bridgehead atoms. The molecule has 2 aliphatic rings. The second-order valence-corrected chi connectivity index (χ2v) is 5.64. The number of nitrogens with zero attached hydrogens (tertiary/aromatic N) is 1. The Morgan fingerprint density at radius 3 is 2.62 bits per heavy atom. The van der Waals surface area contributed by atoms with Gasteiger partial charge in [-0.1, -0.05) is 6.92 Å². The summed E-state index contributed by atoms with van der Waals surface area (Å²) in [5.74, 6) is 0.554. The van der Waals surface area contributed by atoms with Crippen LogP contribution in [0.3, 0.4) is 0 Å². The Labute approximate surface area is 102 Å². The molecule has 0 aliphatic carbocycles. The van der Waals surface area contributed by atoms with E-state index in [0.29, 0.717) is 5.92 Å². The first kappa shape index (κ1) is 12.2. The molecular formula is C12H20ClNO2. The predicted molar refractivity (Wildman–Crippen MR) is 63.6 cm³/mol. The molecule has 0 aromatic heterocycles. The number of hydrogen-bond acceptors (Lipinski definition) is 2. The summed E-state index contributed by atoms with van der Waals surface area (Å²) in [5.41, 5.74) is 0. The van der Waals surface area contributed by atoms with Gasteiger partial charge in [-0.15, -0.1) is 11.6 Å². The van der Waals surface area contributed by atoms with Crippen molar-refractivity contribution in [3.8, 4) is 0 Å². The summed E-state index contributed by atoms with van der Waals surface area (Å²) < 4.78 is 5.61. The molecule has 0 spiro atoms. The summed E-state index contributed by atoms with van der Waals surface area (Å²) in [5, 5.41) is 0.215. The summed E-state index contributed by atoms with van der Waals surface area (Å²) in [6.07, 6.45) is 2.80. The number of alkyl halides is 1. The van der Waals surface area contributed by atoms with E-state index in [4.69, 9.17) is 16.3 Å². The molecule has 4 unspecified atom stereocenters. The van der Waals surface area contributed by atoms with Crippen LogP contribution >= 0.6 is 11.6 Å². The van der Waals surface area contributed by atoms with Gasteiger partial charge in [0.15, 0.2) is 0 Å². The molecule has 0 aromatic rings. The Hall–Kier alpha value is -0.280. The van der Waals surface area contributed by atoms with Gasteiger partial charge in [0.25, 0.3) is 5.91 Å². The summed E-state index contributed by atoms with van der Waals surface area (Å²) in [6, 6.07) is 0. The van der Waals surface area contributed by atoms with Crippen LogP contribution in [-0.4, -0.2) is 41.5 Å². The highest BCUT2D eigenvalue weighted by Crippen LogP contribution is 2.25. The second kappa shape index (κ2) is 4.92. The number of hydrogen-bond donors (Lipinski definition) is 0. The van der Waals surface area contributed by atoms with Crippen LogP contribution in [-0.2, 0) is 9.53 Å². The first-order valence-corrected chi connectivity index (χ1v) is 6.60. The smallest absolute Gasteiger partial charge is 0.251 e. The van der Waals surface area contributed by atoms with Gasteiger partial charge in [-0.2, -0.15) is 0 Å². The van der Waals surface area contributed by atoms with Gasteiger partial charge in [-0.3, -0.25) is 4.79 Å². The van der Waals surface area contributed by atoms with E-state index in [2.05, 4.69) is 6.92 Å². The van der Waals surface area contributed by atoms with Crippen molar-refractivity contribution >= 4 is 17.5 Å². The SMILES string of the molecule is CC1CCC(C(=O)N2CCC(Cl)C(C)C2)O1. The van der Waals surface area contributed by atoms with Gasteiger partial charge in [-0.05, 0) is 32.1 Å². The van der Waals surface area contributed by atoms with Gasteiger partial charge >= 0.3 is 0 Å². The van der Waals surface area contributed by atoms with Crippen LogP contribution in [0.15, 0.2) is 0 Å². The van der Waals surface area contributed by atoms with E-state index >= 15 is 0 Å². The van der Waals surface area contributed by atoms with E-state index in [1.54, 1.807) is 0 Å². The lowest BCUT2D eigenvalue weighted by atomic mass is 9.99. The number of ether oxygens (including phenoxy) is 1. The summed E-state index contributed by atoms with van der Waals surface area (Å²) in [6.45, 7) is 5.70. The van der Waals surface area contributed by atoms with Crippen molar-refractivity contribution in [2.75, 3.05) is 13.1 Å². The number of halogens is 1. The van der Waals surface area contributed by atoms with Crippen LogP contribution in [0.2, 0.25) is 0 Å². The van der Waals surface area contributed by atoms with Gasteiger partial charge in [0, 0.05) is 18.5 Å². The van der Waals surface area contributed by atoms with Crippen LogP contribution in [0.1, 0.15) is 33.1 Å². The van der Waals surface area contributed by atoms with Crippen molar-refractivity contribution in [1.82, 2.24) is 4.90 Å². The number of piperidine rings is 1. The molecule has 2 saturated heterocycles. The third-order valence-electron chi connectivity index (χ3n) is 3.62. The average Bonchev–Trinajstić information content (AvgIpc) is 2.68. The van der Waals surface area contributed by atoms with Crippen LogP contribution in [0.25, 0.3) is 0 Å². The van der Waals surface area contributed by atoms with Crippen LogP contribution in [0.4, 0.5) is 0 Å². The van der Waals surface area contributed by atoms with E-state index in [9.17, 15) is 4.79 Å². The zero-order valence-corrected chi connectivity index (χ0v) is 10.7. The van der Waals surface area contributed by atoms with E-state index in [-0.39, 0.29) is 23.5 Å². The fourth-order valence-corrected chi connectivity index (χ4v) is 2.68. The van der Waals surface area contributed by atoms with Gasteiger partial charge in [0.2, 0.25) is 0 Å². The monoisotopic (exact) mass is 245 g/mol. The molecule has 2 rings (SSSR count). The molecule has 2 aliphatic heterocycles. The largest absolute Gasteiger partial charge is 0.365 e. The molecule has 3 nitrogen and oxygen atoms in total. The Kier molecular flexibility index (Phi) is 3.75. The number of amides is 1. The minimum Gasteiger partial charge on any atom is -0.365 e. The van der Waals surface area contributed by atoms with Crippen molar-refractivity contribution < 1.29 is 9.53 Å². The van der Waals surface area contributed by atoms with Gasteiger partial charge < -0.3 is 9.64 Å². The maximum Gasteiger partial charge on any atom is 0.251 e. The van der Waals surface area contributed by atoms with Crippen molar-refractivity contribution in [3.05, 3.63) is 0 Å². The van der Waals surface area contributed by atoms with Crippen molar-refractivity contribution in [1.29, 1.82) is 0 Å². The molecule has 2 fully saturated rings. The number of carbonyl (C=O) groups excluding carboxylic acids is 1. The number of rotatable bonds is 1. The molecule has 4 atom stereocenters. The molecule has 0 saturated carbocycles. The van der Waals surface area contributed by atoms with E-state index in [1.807, 2.05) is 11.8 Å². The molecule has 4 heteroatoms. The third-order valence-corrected chi connectivity index (χ3v) is 4.27. The Balaban J connectivity index is 1.90. The van der Waals surface area contributed by atoms with Gasteiger partial charge in [0.05, 0.1) is 6.10 Å². The average molecular weight is 246 g/mol. The van der Waals surface area contributed by atoms with Crippen molar-refractivity contribution in [2.45, 2.75) is 50.7 Å². The Morgan fingerprint density at radius 2 is 2.06 bits per heavy atom. The van der Waals surface area contributed by atoms with Crippen LogP contribution < -0.4 is 0 Å². The minimum atomic E-state index is -0.200. The van der Waals surface area contributed by atoms with Crippen molar-refractivity contribution in [3.63, 3.8) is 0 Å². The second-order valence-electron chi connectivity index (χ2n) is 5.08. The maximum atomic E-state index is 12.2. The normalized spacial score (nSPS) is 40.1. The molecule has 16 heavy (non-hydrogen) atoms. The van der Waals surface area contributed by atoms with Gasteiger partial charge in [-0.25, -0.2) is 0 Å². The van der Waals surface area contributed by atoms with E-state index in [0.717, 1.165) is 32.4 Å². The fourth-order valence-electron chi connectivity index (χ4n) is 2.51. The summed E-state index contributed by atoms with van der Waals surface area (Å²) in [4.78, 5) is 14.1. The van der Waals surface area contributed by atoms with Crippen molar-refractivity contribution in [2.24, 2.45) is 5.92 Å². The molecule has 2 heterocycles. The fraction of sp³-hybridized carbons (Fsp3) is 0.917. The first-order valence-electron chi connectivity index (χ1n) is 6.16. The Morgan fingerprint density at radius 1 is 1.31 bits per heavy atom. The highest BCUT2D eigenvalue weighted by molar-refractivity contribution is 6.20. The highest BCUT2D eigenvalue weighted by Gasteiger charge is 2.34. The van der Waals surface area contributed by atoms with Gasteiger partial charge in [0.1, 0.15) is 6.10 Å². The summed E-state index contributed by atoms with van der Waals surface area (Å²) >= 11 is 6.15. The first-order chi connectivity index (χ1) is 7.58. The predicted octanol–water partition coefficient (Wildman–Crippen LogP) is 2.03. The molecule has 0 N–H and O–H groups in total. The third kappa shape index (κ3) is 2.51. The van der Waals surface area contributed by atoms with Crippen LogP contribution in [0, 0.1) is 5.92 Å². The quantitative estimate of drug-likeness (QED) is 0.662. The lowest BCUT2D eigenvalue weighted by Crippen LogP contribution is -2.47. The van der Waals surface area contributed by atoms with E-state index in [1.165, 1.54) is 0 Å². The lowest BCUT2D eigenvalue weighted by Gasteiger charge is -2.35.